The van der Waals surface area contributed by atoms with Gasteiger partial charge in [-0.3, -0.25) is 10.1 Å². The van der Waals surface area contributed by atoms with Crippen molar-refractivity contribution in [1.29, 1.82) is 0 Å². The van der Waals surface area contributed by atoms with Gasteiger partial charge < -0.3 is 10.8 Å². The molecule has 0 fully saturated rings. The summed E-state index contributed by atoms with van der Waals surface area (Å²) in [5, 5.41) is 19.8. The number of benzene rings is 1. The number of hydrogen-bond acceptors (Lipinski definition) is 4. The van der Waals surface area contributed by atoms with Crippen LogP contribution in [-0.4, -0.2) is 10.0 Å². The van der Waals surface area contributed by atoms with Crippen LogP contribution in [0.2, 0.25) is 0 Å². The van der Waals surface area contributed by atoms with E-state index in [1.807, 2.05) is 6.92 Å². The number of aromatic hydroxyl groups is 1. The van der Waals surface area contributed by atoms with Gasteiger partial charge in [-0.1, -0.05) is 19.4 Å². The standard InChI is InChI=1S/C10H14N2O3/c1-2-3-8(11)7-4-5-10(13)9(6-7)12(14)15/h4-6,8,13H,2-3,11H2,1H3/t8-/m1/s1. The van der Waals surface area contributed by atoms with Crippen molar-refractivity contribution in [1.82, 2.24) is 0 Å². The summed E-state index contributed by atoms with van der Waals surface area (Å²) in [5.41, 5.74) is 6.21. The van der Waals surface area contributed by atoms with Crippen molar-refractivity contribution in [2.75, 3.05) is 0 Å². The Kier molecular flexibility index (Phi) is 3.62. The minimum absolute atomic E-state index is 0.214. The Bertz CT molecular complexity index is 366. The molecule has 0 aromatic heterocycles. The second kappa shape index (κ2) is 4.75. The van der Waals surface area contributed by atoms with Gasteiger partial charge in [0.15, 0.2) is 5.75 Å². The molecule has 1 rings (SSSR count). The van der Waals surface area contributed by atoms with Gasteiger partial charge in [-0.2, -0.15) is 0 Å². The number of nitrogens with zero attached hydrogens (tertiary/aromatic N) is 1. The number of nitrogens with two attached hydrogens (primary N) is 1. The fourth-order valence-corrected chi connectivity index (χ4v) is 1.40. The molecule has 5 heteroatoms. The normalized spacial score (nSPS) is 12.4. The van der Waals surface area contributed by atoms with Crippen molar-refractivity contribution < 1.29 is 10.0 Å². The van der Waals surface area contributed by atoms with Gasteiger partial charge in [0.2, 0.25) is 0 Å². The molecule has 0 aliphatic carbocycles. The van der Waals surface area contributed by atoms with Gasteiger partial charge in [-0.25, -0.2) is 0 Å². The topological polar surface area (TPSA) is 89.4 Å². The fraction of sp³-hybridized carbons (Fsp3) is 0.400. The highest BCUT2D eigenvalue weighted by atomic mass is 16.6. The van der Waals surface area contributed by atoms with Crippen molar-refractivity contribution >= 4 is 5.69 Å². The number of phenolic OH excluding ortho intramolecular Hbond substituents is 1. The fourth-order valence-electron chi connectivity index (χ4n) is 1.40. The van der Waals surface area contributed by atoms with Gasteiger partial charge in [0.25, 0.3) is 0 Å². The maximum absolute atomic E-state index is 10.6. The molecule has 1 aromatic rings. The van der Waals surface area contributed by atoms with Crippen LogP contribution in [0.5, 0.6) is 5.75 Å². The summed E-state index contributed by atoms with van der Waals surface area (Å²) >= 11 is 0. The first kappa shape index (κ1) is 11.5. The summed E-state index contributed by atoms with van der Waals surface area (Å²) in [7, 11) is 0. The first-order valence-electron chi connectivity index (χ1n) is 4.79. The zero-order valence-corrected chi connectivity index (χ0v) is 8.51. The van der Waals surface area contributed by atoms with Crippen molar-refractivity contribution in [3.63, 3.8) is 0 Å². The van der Waals surface area contributed by atoms with Gasteiger partial charge >= 0.3 is 5.69 Å². The van der Waals surface area contributed by atoms with E-state index >= 15 is 0 Å². The van der Waals surface area contributed by atoms with Gasteiger partial charge in [0, 0.05) is 12.1 Å². The first-order chi connectivity index (χ1) is 7.06. The van der Waals surface area contributed by atoms with Gasteiger partial charge in [-0.05, 0) is 18.1 Å². The van der Waals surface area contributed by atoms with Crippen molar-refractivity contribution in [3.8, 4) is 5.75 Å². The summed E-state index contributed by atoms with van der Waals surface area (Å²) in [4.78, 5) is 9.95. The molecule has 82 valence electrons. The lowest BCUT2D eigenvalue weighted by Crippen LogP contribution is -2.09. The van der Waals surface area contributed by atoms with Crippen LogP contribution in [0, 0.1) is 10.1 Å². The highest BCUT2D eigenvalue weighted by Gasteiger charge is 2.15. The van der Waals surface area contributed by atoms with Crippen LogP contribution in [0.3, 0.4) is 0 Å². The second-order valence-electron chi connectivity index (χ2n) is 3.40. The molecule has 0 aliphatic heterocycles. The largest absolute Gasteiger partial charge is 0.502 e. The average molecular weight is 210 g/mol. The molecule has 0 unspecified atom stereocenters. The Morgan fingerprint density at radius 2 is 2.27 bits per heavy atom. The van der Waals surface area contributed by atoms with E-state index in [1.54, 1.807) is 6.07 Å². The third-order valence-electron chi connectivity index (χ3n) is 2.22. The summed E-state index contributed by atoms with van der Waals surface area (Å²) in [6, 6.07) is 4.04. The Morgan fingerprint density at radius 1 is 1.60 bits per heavy atom. The highest BCUT2D eigenvalue weighted by molar-refractivity contribution is 5.48. The Labute approximate surface area is 87.7 Å². The molecule has 0 radical (unpaired) electrons. The van der Waals surface area contributed by atoms with Crippen molar-refractivity contribution in [3.05, 3.63) is 33.9 Å². The van der Waals surface area contributed by atoms with Crippen LogP contribution in [0.4, 0.5) is 5.69 Å². The average Bonchev–Trinajstić information content (AvgIpc) is 2.18. The highest BCUT2D eigenvalue weighted by Crippen LogP contribution is 2.29. The maximum atomic E-state index is 10.6. The molecule has 0 saturated carbocycles. The lowest BCUT2D eigenvalue weighted by Gasteiger charge is -2.10. The number of phenols is 1. The van der Waals surface area contributed by atoms with E-state index in [2.05, 4.69) is 0 Å². The Hall–Kier alpha value is -1.62. The molecule has 0 bridgehead atoms. The van der Waals surface area contributed by atoms with Gasteiger partial charge in [0.05, 0.1) is 4.92 Å². The minimum atomic E-state index is -0.614. The zero-order chi connectivity index (χ0) is 11.4. The van der Waals surface area contributed by atoms with Crippen LogP contribution in [0.1, 0.15) is 31.4 Å². The minimum Gasteiger partial charge on any atom is -0.502 e. The van der Waals surface area contributed by atoms with Gasteiger partial charge in [-0.15, -0.1) is 0 Å². The smallest absolute Gasteiger partial charge is 0.311 e. The number of rotatable bonds is 4. The molecular weight excluding hydrogens is 196 g/mol. The van der Waals surface area contributed by atoms with E-state index < -0.39 is 4.92 Å². The summed E-state index contributed by atoms with van der Waals surface area (Å²) in [6.45, 7) is 1.99. The molecule has 3 N–H and O–H groups in total. The van der Waals surface area contributed by atoms with Crippen LogP contribution < -0.4 is 5.73 Å². The summed E-state index contributed by atoms with van der Waals surface area (Å²) in [6.07, 6.45) is 1.68. The SMILES string of the molecule is CCC[C@@H](N)c1ccc(O)c([N+](=O)[O-])c1. The second-order valence-corrected chi connectivity index (χ2v) is 3.40. The van der Waals surface area contributed by atoms with E-state index in [0.29, 0.717) is 5.56 Å². The molecule has 1 atom stereocenters. The van der Waals surface area contributed by atoms with Gasteiger partial charge in [0.1, 0.15) is 0 Å². The summed E-state index contributed by atoms with van der Waals surface area (Å²) in [5.74, 6) is -0.326. The van der Waals surface area contributed by atoms with E-state index in [1.165, 1.54) is 12.1 Å². The third-order valence-corrected chi connectivity index (χ3v) is 2.22. The molecule has 1 aromatic carbocycles. The third kappa shape index (κ3) is 2.66. The monoisotopic (exact) mass is 210 g/mol. The predicted molar refractivity (Wildman–Crippen MR) is 56.6 cm³/mol. The van der Waals surface area contributed by atoms with Crippen molar-refractivity contribution in [2.45, 2.75) is 25.8 Å². The van der Waals surface area contributed by atoms with E-state index in [4.69, 9.17) is 5.73 Å². The van der Waals surface area contributed by atoms with Crippen LogP contribution >= 0.6 is 0 Å². The van der Waals surface area contributed by atoms with E-state index in [-0.39, 0.29) is 17.5 Å². The molecule has 0 aliphatic rings. The van der Waals surface area contributed by atoms with Crippen LogP contribution in [0.15, 0.2) is 18.2 Å². The number of hydrogen-bond donors (Lipinski definition) is 2. The Balaban J connectivity index is 3.02. The van der Waals surface area contributed by atoms with Crippen LogP contribution in [0.25, 0.3) is 0 Å². The number of nitro benzene ring substituents is 1. The predicted octanol–water partition coefficient (Wildman–Crippen LogP) is 2.10. The molecule has 0 saturated heterocycles. The maximum Gasteiger partial charge on any atom is 0.311 e. The molecule has 0 amide bonds. The summed E-state index contributed by atoms with van der Waals surface area (Å²) < 4.78 is 0. The first-order valence-corrected chi connectivity index (χ1v) is 4.79. The molecule has 15 heavy (non-hydrogen) atoms. The molecule has 0 spiro atoms. The molecular formula is C10H14N2O3. The molecule has 5 nitrogen and oxygen atoms in total. The zero-order valence-electron chi connectivity index (χ0n) is 8.51. The quantitative estimate of drug-likeness (QED) is 0.588. The lowest BCUT2D eigenvalue weighted by atomic mass is 10.0. The molecule has 0 heterocycles. The van der Waals surface area contributed by atoms with E-state index in [9.17, 15) is 15.2 Å². The van der Waals surface area contributed by atoms with Crippen LogP contribution in [-0.2, 0) is 0 Å². The Morgan fingerprint density at radius 3 is 2.80 bits per heavy atom. The van der Waals surface area contributed by atoms with Crippen molar-refractivity contribution in [2.24, 2.45) is 5.73 Å². The van der Waals surface area contributed by atoms with E-state index in [0.717, 1.165) is 12.8 Å². The lowest BCUT2D eigenvalue weighted by molar-refractivity contribution is -0.385. The number of nitro groups is 1.